The number of para-hydroxylation sites is 1. The first-order valence-electron chi connectivity index (χ1n) is 22.4. The summed E-state index contributed by atoms with van der Waals surface area (Å²) >= 11 is 1.62. The molecule has 0 saturated carbocycles. The zero-order valence-corrected chi connectivity index (χ0v) is 42.6. The highest BCUT2D eigenvalue weighted by molar-refractivity contribution is 7.08. The standard InChI is InChI=1S/C16H16O4.2C15H14O3.C13H12O3S/c1-10-8-11(16(17)18)4-6-13(10)14-7-5-12(19-2)9-15(14)20-3;1-10-9-11(15(16)17)7-8-12(10)13-5-3-4-6-14(13)18-2;1-10-5-3-4-6-12(10)13-8-7-11(15(16)17)9-14(13)18-2;1-8-6-17-7-11(8)10-4-3-9(13(14)15)5-12(10)16-2/h4-9H,1-3H3,(H,17,18);2*3-9H,1-2H3,(H,16,17);3-7H,1-2H3,(H,14,15). The summed E-state index contributed by atoms with van der Waals surface area (Å²) in [5, 5.41) is 39.9. The number of hydrogen-bond acceptors (Lipinski definition) is 10. The Hall–Kier alpha value is -8.88. The first-order chi connectivity index (χ1) is 35.0. The van der Waals surface area contributed by atoms with Gasteiger partial charge in [0.15, 0.2) is 0 Å². The van der Waals surface area contributed by atoms with Gasteiger partial charge in [0.05, 0.1) is 57.8 Å². The predicted octanol–water partition coefficient (Wildman–Crippen LogP) is 13.5. The van der Waals surface area contributed by atoms with E-state index in [1.165, 1.54) is 0 Å². The Labute approximate surface area is 428 Å². The van der Waals surface area contributed by atoms with Gasteiger partial charge in [0, 0.05) is 28.3 Å². The molecule has 0 amide bonds. The second-order valence-corrected chi connectivity index (χ2v) is 16.9. The lowest BCUT2D eigenvalue weighted by Crippen LogP contribution is -1.98. The second-order valence-electron chi connectivity index (χ2n) is 16.2. The van der Waals surface area contributed by atoms with Gasteiger partial charge in [-0.2, -0.15) is 11.3 Å². The third-order valence-electron chi connectivity index (χ3n) is 11.5. The Kier molecular flexibility index (Phi) is 19.5. The Morgan fingerprint density at radius 1 is 0.329 bits per heavy atom. The lowest BCUT2D eigenvalue weighted by Gasteiger charge is -2.13. The van der Waals surface area contributed by atoms with Crippen LogP contribution < -0.4 is 23.7 Å². The zero-order valence-electron chi connectivity index (χ0n) is 41.8. The minimum Gasteiger partial charge on any atom is -0.497 e. The number of methoxy groups -OCH3 is 5. The van der Waals surface area contributed by atoms with Gasteiger partial charge in [-0.3, -0.25) is 0 Å². The van der Waals surface area contributed by atoms with Gasteiger partial charge in [-0.1, -0.05) is 54.6 Å². The van der Waals surface area contributed by atoms with Gasteiger partial charge in [0.25, 0.3) is 0 Å². The van der Waals surface area contributed by atoms with Crippen LogP contribution in [0.5, 0.6) is 28.7 Å². The van der Waals surface area contributed by atoms with E-state index < -0.39 is 23.9 Å². The van der Waals surface area contributed by atoms with E-state index in [0.717, 1.165) is 72.5 Å². The average Bonchev–Trinajstić information content (AvgIpc) is 3.83. The Morgan fingerprint density at radius 3 is 1.08 bits per heavy atom. The molecule has 0 saturated heterocycles. The second kappa shape index (κ2) is 25.8. The highest BCUT2D eigenvalue weighted by Crippen LogP contribution is 2.38. The largest absolute Gasteiger partial charge is 0.497 e. The van der Waals surface area contributed by atoms with Gasteiger partial charge in [-0.15, -0.1) is 0 Å². The van der Waals surface area contributed by atoms with Gasteiger partial charge in [-0.25, -0.2) is 19.2 Å². The lowest BCUT2D eigenvalue weighted by atomic mass is 9.97. The van der Waals surface area contributed by atoms with Crippen molar-refractivity contribution < 1.29 is 63.3 Å². The van der Waals surface area contributed by atoms with Crippen LogP contribution in [-0.4, -0.2) is 79.9 Å². The molecule has 0 radical (unpaired) electrons. The van der Waals surface area contributed by atoms with Crippen molar-refractivity contribution in [1.82, 2.24) is 0 Å². The van der Waals surface area contributed by atoms with Crippen LogP contribution in [0.25, 0.3) is 44.5 Å². The molecule has 8 aromatic rings. The van der Waals surface area contributed by atoms with Crippen molar-refractivity contribution in [1.29, 1.82) is 0 Å². The Bertz CT molecular complexity index is 3240. The van der Waals surface area contributed by atoms with Crippen LogP contribution in [0.3, 0.4) is 0 Å². The van der Waals surface area contributed by atoms with Crippen LogP contribution in [0.4, 0.5) is 0 Å². The van der Waals surface area contributed by atoms with E-state index in [4.69, 9.17) is 44.1 Å². The summed E-state index contributed by atoms with van der Waals surface area (Å²) in [6.45, 7) is 7.82. The molecular formula is C59H56O13S. The van der Waals surface area contributed by atoms with E-state index in [0.29, 0.717) is 28.6 Å². The Morgan fingerprint density at radius 2 is 0.685 bits per heavy atom. The van der Waals surface area contributed by atoms with Crippen molar-refractivity contribution in [3.8, 4) is 73.3 Å². The number of carboxylic acids is 4. The maximum atomic E-state index is 11.0. The van der Waals surface area contributed by atoms with Crippen molar-refractivity contribution in [3.05, 3.63) is 195 Å². The molecule has 0 fully saturated rings. The third kappa shape index (κ3) is 13.9. The average molecular weight is 1010 g/mol. The van der Waals surface area contributed by atoms with Crippen LogP contribution >= 0.6 is 11.3 Å². The number of carboxylic acid groups (broad SMARTS) is 4. The number of benzene rings is 7. The molecule has 13 nitrogen and oxygen atoms in total. The fraction of sp³-hybridized carbons (Fsp3) is 0.153. The molecule has 0 unspecified atom stereocenters. The van der Waals surface area contributed by atoms with Crippen LogP contribution in [-0.2, 0) is 0 Å². The molecule has 0 aliphatic carbocycles. The molecule has 1 aromatic heterocycles. The van der Waals surface area contributed by atoms with E-state index in [9.17, 15) is 19.2 Å². The first-order valence-corrected chi connectivity index (χ1v) is 23.4. The molecule has 4 N–H and O–H groups in total. The van der Waals surface area contributed by atoms with E-state index in [-0.39, 0.29) is 16.7 Å². The summed E-state index contributed by atoms with van der Waals surface area (Å²) in [6, 6.07) is 41.2. The summed E-state index contributed by atoms with van der Waals surface area (Å²) in [4.78, 5) is 43.7. The van der Waals surface area contributed by atoms with Crippen molar-refractivity contribution in [2.24, 2.45) is 0 Å². The molecule has 376 valence electrons. The van der Waals surface area contributed by atoms with Crippen molar-refractivity contribution in [3.63, 3.8) is 0 Å². The fourth-order valence-electron chi connectivity index (χ4n) is 7.69. The van der Waals surface area contributed by atoms with Gasteiger partial charge in [0.2, 0.25) is 0 Å². The predicted molar refractivity (Wildman–Crippen MR) is 285 cm³/mol. The van der Waals surface area contributed by atoms with Crippen LogP contribution in [0.15, 0.2) is 150 Å². The molecule has 0 atom stereocenters. The SMILES string of the molecule is COc1cc(C(=O)O)ccc1-c1ccccc1C.COc1cc(C(=O)O)ccc1-c1cscc1C.COc1ccc(-c2ccc(C(=O)O)cc2C)c(OC)c1.COc1ccccc1-c1ccc(C(=O)O)cc1C. The molecule has 14 heteroatoms. The normalized spacial score (nSPS) is 10.2. The molecule has 0 aliphatic heterocycles. The minimum atomic E-state index is -0.954. The number of rotatable bonds is 13. The summed E-state index contributed by atoms with van der Waals surface area (Å²) in [6.07, 6.45) is 0. The molecule has 73 heavy (non-hydrogen) atoms. The number of aryl methyl sites for hydroxylation is 4. The number of hydrogen-bond donors (Lipinski definition) is 4. The summed E-state index contributed by atoms with van der Waals surface area (Å²) < 4.78 is 26.4. The van der Waals surface area contributed by atoms with Crippen molar-refractivity contribution >= 4 is 35.2 Å². The van der Waals surface area contributed by atoms with E-state index >= 15 is 0 Å². The molecule has 7 aromatic carbocycles. The Balaban J connectivity index is 0.000000181. The van der Waals surface area contributed by atoms with E-state index in [2.05, 4.69) is 5.38 Å². The zero-order chi connectivity index (χ0) is 53.4. The van der Waals surface area contributed by atoms with Gasteiger partial charge in [0.1, 0.15) is 28.7 Å². The van der Waals surface area contributed by atoms with Crippen LogP contribution in [0, 0.1) is 27.7 Å². The smallest absolute Gasteiger partial charge is 0.335 e. The van der Waals surface area contributed by atoms with Crippen LogP contribution in [0.2, 0.25) is 0 Å². The van der Waals surface area contributed by atoms with Crippen LogP contribution in [0.1, 0.15) is 63.7 Å². The number of carbonyl (C=O) groups is 4. The van der Waals surface area contributed by atoms with Gasteiger partial charge in [-0.05, 0) is 162 Å². The highest BCUT2D eigenvalue weighted by Gasteiger charge is 2.16. The molecular weight excluding hydrogens is 949 g/mol. The van der Waals surface area contributed by atoms with E-state index in [1.54, 1.807) is 120 Å². The quantitative estimate of drug-likeness (QED) is 0.0852. The van der Waals surface area contributed by atoms with Crippen molar-refractivity contribution in [2.75, 3.05) is 35.5 Å². The number of aromatic carboxylic acids is 4. The third-order valence-corrected chi connectivity index (χ3v) is 12.4. The summed E-state index contributed by atoms with van der Waals surface area (Å²) in [5.74, 6) is -0.396. The monoisotopic (exact) mass is 1000 g/mol. The number of thiophene rings is 1. The van der Waals surface area contributed by atoms with Gasteiger partial charge < -0.3 is 44.1 Å². The topological polar surface area (TPSA) is 195 Å². The van der Waals surface area contributed by atoms with E-state index in [1.807, 2.05) is 99.8 Å². The highest BCUT2D eigenvalue weighted by atomic mass is 32.1. The first kappa shape index (κ1) is 55.1. The molecule has 1 heterocycles. The summed E-state index contributed by atoms with van der Waals surface area (Å²) in [7, 11) is 7.91. The van der Waals surface area contributed by atoms with Crippen molar-refractivity contribution in [2.45, 2.75) is 27.7 Å². The minimum absolute atomic E-state index is 0.226. The molecule has 0 spiro atoms. The molecule has 8 rings (SSSR count). The maximum absolute atomic E-state index is 11.0. The molecule has 0 aliphatic rings. The number of ether oxygens (including phenoxy) is 5. The lowest BCUT2D eigenvalue weighted by molar-refractivity contribution is 0.0686. The fourth-order valence-corrected chi connectivity index (χ4v) is 8.54. The van der Waals surface area contributed by atoms with Gasteiger partial charge >= 0.3 is 23.9 Å². The molecule has 0 bridgehead atoms. The maximum Gasteiger partial charge on any atom is 0.335 e. The summed E-state index contributed by atoms with van der Waals surface area (Å²) in [5.41, 5.74) is 12.9.